The molecule has 0 spiro atoms. The number of rotatable bonds is 8. The normalized spacial score (nSPS) is 12.3. The van der Waals surface area contributed by atoms with Crippen LogP contribution in [-0.2, 0) is 16.6 Å². The van der Waals surface area contributed by atoms with E-state index in [0.29, 0.717) is 19.5 Å². The van der Waals surface area contributed by atoms with Crippen LogP contribution in [0.15, 0.2) is 24.3 Å². The summed E-state index contributed by atoms with van der Waals surface area (Å²) in [5, 5.41) is 0. The van der Waals surface area contributed by atoms with Gasteiger partial charge in [-0.05, 0) is 18.6 Å². The Kier molecular flexibility index (Phi) is 5.33. The molecule has 21 heavy (non-hydrogen) atoms. The van der Waals surface area contributed by atoms with Crippen molar-refractivity contribution < 1.29 is 8.42 Å². The van der Waals surface area contributed by atoms with Gasteiger partial charge in [-0.15, -0.1) is 0 Å². The van der Waals surface area contributed by atoms with E-state index in [2.05, 4.69) is 14.7 Å². The summed E-state index contributed by atoms with van der Waals surface area (Å²) in [6.45, 7) is 2.91. The molecule has 2 N–H and O–H groups in total. The van der Waals surface area contributed by atoms with Gasteiger partial charge in [-0.1, -0.05) is 25.5 Å². The molecule has 0 saturated heterocycles. The molecule has 1 aromatic heterocycles. The number of nitrogens with one attached hydrogen (secondary N) is 2. The predicted octanol–water partition coefficient (Wildman–Crippen LogP) is 1.67. The van der Waals surface area contributed by atoms with Crippen LogP contribution < -0.4 is 4.72 Å². The van der Waals surface area contributed by atoms with Crippen LogP contribution in [0.4, 0.5) is 0 Å². The SMILES string of the molecule is CCCCN(C)S(=O)(=O)NCCc1nc2ccccc2[nH]1. The first-order valence-corrected chi connectivity index (χ1v) is 8.61. The molecule has 0 unspecified atom stereocenters. The second-order valence-electron chi connectivity index (χ2n) is 5.03. The summed E-state index contributed by atoms with van der Waals surface area (Å²) in [6.07, 6.45) is 2.37. The standard InChI is InChI=1S/C14H22N4O2S/c1-3-4-11-18(2)21(19,20)15-10-9-14-16-12-7-5-6-8-13(12)17-14/h5-8,15H,3-4,9-11H2,1-2H3,(H,16,17). The van der Waals surface area contributed by atoms with Crippen molar-refractivity contribution >= 4 is 21.2 Å². The van der Waals surface area contributed by atoms with Gasteiger partial charge in [0, 0.05) is 26.6 Å². The molecule has 0 amide bonds. The summed E-state index contributed by atoms with van der Waals surface area (Å²) in [5.41, 5.74) is 1.87. The lowest BCUT2D eigenvalue weighted by Crippen LogP contribution is -2.39. The number of benzene rings is 1. The van der Waals surface area contributed by atoms with E-state index in [1.165, 1.54) is 4.31 Å². The van der Waals surface area contributed by atoms with Crippen LogP contribution in [0.5, 0.6) is 0 Å². The molecule has 2 rings (SSSR count). The fraction of sp³-hybridized carbons (Fsp3) is 0.500. The highest BCUT2D eigenvalue weighted by atomic mass is 32.2. The van der Waals surface area contributed by atoms with E-state index >= 15 is 0 Å². The number of aromatic amines is 1. The van der Waals surface area contributed by atoms with Gasteiger partial charge >= 0.3 is 0 Å². The van der Waals surface area contributed by atoms with E-state index in [9.17, 15) is 8.42 Å². The Morgan fingerprint density at radius 3 is 2.81 bits per heavy atom. The second-order valence-corrected chi connectivity index (χ2v) is 6.89. The van der Waals surface area contributed by atoms with Crippen molar-refractivity contribution in [2.45, 2.75) is 26.2 Å². The quantitative estimate of drug-likeness (QED) is 0.778. The molecule has 116 valence electrons. The van der Waals surface area contributed by atoms with E-state index in [-0.39, 0.29) is 0 Å². The summed E-state index contributed by atoms with van der Waals surface area (Å²) in [5.74, 6) is 0.787. The molecule has 0 atom stereocenters. The first-order valence-electron chi connectivity index (χ1n) is 7.17. The maximum atomic E-state index is 12.0. The number of imidazole rings is 1. The second kappa shape index (κ2) is 7.02. The molecular formula is C14H22N4O2S. The van der Waals surface area contributed by atoms with Crippen molar-refractivity contribution in [3.05, 3.63) is 30.1 Å². The zero-order valence-corrected chi connectivity index (χ0v) is 13.3. The predicted molar refractivity (Wildman–Crippen MR) is 84.3 cm³/mol. The number of nitrogens with zero attached hydrogens (tertiary/aromatic N) is 2. The van der Waals surface area contributed by atoms with Gasteiger partial charge in [-0.3, -0.25) is 0 Å². The lowest BCUT2D eigenvalue weighted by atomic mass is 10.3. The lowest BCUT2D eigenvalue weighted by molar-refractivity contribution is 0.449. The summed E-state index contributed by atoms with van der Waals surface area (Å²) in [4.78, 5) is 7.61. The minimum atomic E-state index is -3.39. The van der Waals surface area contributed by atoms with Crippen LogP contribution in [0.2, 0.25) is 0 Å². The third kappa shape index (κ3) is 4.26. The van der Waals surface area contributed by atoms with Crippen LogP contribution in [0.3, 0.4) is 0 Å². The lowest BCUT2D eigenvalue weighted by Gasteiger charge is -2.16. The maximum absolute atomic E-state index is 12.0. The molecule has 0 saturated carbocycles. The van der Waals surface area contributed by atoms with Crippen LogP contribution in [0.25, 0.3) is 11.0 Å². The Morgan fingerprint density at radius 2 is 2.10 bits per heavy atom. The first kappa shape index (κ1) is 15.9. The Bertz CT molecular complexity index is 648. The number of fused-ring (bicyclic) bond motifs is 1. The molecule has 0 aliphatic heterocycles. The molecule has 1 aromatic carbocycles. The summed E-state index contributed by atoms with van der Waals surface area (Å²) >= 11 is 0. The Morgan fingerprint density at radius 1 is 1.33 bits per heavy atom. The van der Waals surface area contributed by atoms with Gasteiger partial charge in [-0.25, -0.2) is 9.71 Å². The van der Waals surface area contributed by atoms with Crippen LogP contribution in [-0.4, -0.2) is 42.8 Å². The number of para-hydroxylation sites is 2. The molecule has 0 aliphatic carbocycles. The Balaban J connectivity index is 1.88. The van der Waals surface area contributed by atoms with Gasteiger partial charge in [-0.2, -0.15) is 12.7 Å². The summed E-state index contributed by atoms with van der Waals surface area (Å²) < 4.78 is 27.9. The highest BCUT2D eigenvalue weighted by molar-refractivity contribution is 7.87. The zero-order chi connectivity index (χ0) is 15.3. The largest absolute Gasteiger partial charge is 0.342 e. The van der Waals surface area contributed by atoms with E-state index < -0.39 is 10.2 Å². The van der Waals surface area contributed by atoms with E-state index in [0.717, 1.165) is 29.7 Å². The van der Waals surface area contributed by atoms with Crippen molar-refractivity contribution in [2.75, 3.05) is 20.1 Å². The highest BCUT2D eigenvalue weighted by Gasteiger charge is 2.16. The summed E-state index contributed by atoms with van der Waals surface area (Å²) in [6, 6.07) is 7.75. The molecule has 0 bridgehead atoms. The van der Waals surface area contributed by atoms with Gasteiger partial charge in [0.15, 0.2) is 0 Å². The Hall–Kier alpha value is -1.44. The van der Waals surface area contributed by atoms with Crippen molar-refractivity contribution in [3.8, 4) is 0 Å². The van der Waals surface area contributed by atoms with Crippen molar-refractivity contribution in [1.82, 2.24) is 19.0 Å². The highest BCUT2D eigenvalue weighted by Crippen LogP contribution is 2.10. The van der Waals surface area contributed by atoms with Gasteiger partial charge in [0.1, 0.15) is 5.82 Å². The van der Waals surface area contributed by atoms with Gasteiger partial charge in [0.2, 0.25) is 0 Å². The number of hydrogen-bond donors (Lipinski definition) is 2. The maximum Gasteiger partial charge on any atom is 0.279 e. The molecule has 7 heteroatoms. The van der Waals surface area contributed by atoms with Crippen LogP contribution >= 0.6 is 0 Å². The average molecular weight is 310 g/mol. The zero-order valence-electron chi connectivity index (χ0n) is 12.5. The van der Waals surface area contributed by atoms with Gasteiger partial charge in [0.05, 0.1) is 11.0 Å². The molecule has 1 heterocycles. The van der Waals surface area contributed by atoms with Crippen molar-refractivity contribution in [3.63, 3.8) is 0 Å². The monoisotopic (exact) mass is 310 g/mol. The number of H-pyrrole nitrogens is 1. The number of unbranched alkanes of at least 4 members (excludes halogenated alkanes) is 1. The molecule has 0 fully saturated rings. The average Bonchev–Trinajstić information content (AvgIpc) is 2.87. The third-order valence-corrected chi connectivity index (χ3v) is 4.89. The van der Waals surface area contributed by atoms with E-state index in [1.807, 2.05) is 31.2 Å². The fourth-order valence-electron chi connectivity index (χ4n) is 2.03. The molecular weight excluding hydrogens is 288 g/mol. The first-order chi connectivity index (χ1) is 10.0. The smallest absolute Gasteiger partial charge is 0.279 e. The Labute approximate surface area is 125 Å². The van der Waals surface area contributed by atoms with Crippen LogP contribution in [0, 0.1) is 0 Å². The topological polar surface area (TPSA) is 78.1 Å². The van der Waals surface area contributed by atoms with E-state index in [1.54, 1.807) is 7.05 Å². The van der Waals surface area contributed by atoms with Crippen molar-refractivity contribution in [1.29, 1.82) is 0 Å². The van der Waals surface area contributed by atoms with Crippen LogP contribution in [0.1, 0.15) is 25.6 Å². The molecule has 0 aliphatic rings. The molecule has 0 radical (unpaired) electrons. The number of aromatic nitrogens is 2. The van der Waals surface area contributed by atoms with Gasteiger partial charge in [0.25, 0.3) is 10.2 Å². The van der Waals surface area contributed by atoms with E-state index in [4.69, 9.17) is 0 Å². The fourth-order valence-corrected chi connectivity index (χ4v) is 2.98. The molecule has 6 nitrogen and oxygen atoms in total. The third-order valence-electron chi connectivity index (χ3n) is 3.32. The minimum Gasteiger partial charge on any atom is -0.342 e. The minimum absolute atomic E-state index is 0.332. The molecule has 2 aromatic rings. The summed E-state index contributed by atoms with van der Waals surface area (Å²) in [7, 11) is -1.79. The van der Waals surface area contributed by atoms with Gasteiger partial charge < -0.3 is 4.98 Å². The number of hydrogen-bond acceptors (Lipinski definition) is 3. The van der Waals surface area contributed by atoms with Crippen molar-refractivity contribution in [2.24, 2.45) is 0 Å².